The molecule has 1 aliphatic carbocycles. The maximum atomic E-state index is 12.4. The van der Waals surface area contributed by atoms with Crippen LogP contribution in [0.1, 0.15) is 30.5 Å². The molecule has 2 aromatic carbocycles. The van der Waals surface area contributed by atoms with Crippen LogP contribution in [0.3, 0.4) is 0 Å². The van der Waals surface area contributed by atoms with Crippen LogP contribution in [0, 0.1) is 18.8 Å². The standard InChI is InChI=1S/C21H25NO3/c1-14-9-10-18(19(11-14)24-3)25-13-20(23)22-21(17-12-15(17)2)16-7-5-4-6-8-16/h4-11,15,17,21H,12-13H2,1-3H3,(H,22,23). The molecule has 25 heavy (non-hydrogen) atoms. The van der Waals surface area contributed by atoms with E-state index in [2.05, 4.69) is 24.4 Å². The molecule has 4 nitrogen and oxygen atoms in total. The summed E-state index contributed by atoms with van der Waals surface area (Å²) in [5.41, 5.74) is 2.23. The molecule has 0 aromatic heterocycles. The van der Waals surface area contributed by atoms with Crippen molar-refractivity contribution >= 4 is 5.91 Å². The Hall–Kier alpha value is -2.49. The molecule has 0 aliphatic heterocycles. The topological polar surface area (TPSA) is 47.6 Å². The first-order chi connectivity index (χ1) is 12.1. The number of hydrogen-bond donors (Lipinski definition) is 1. The number of carbonyl (C=O) groups is 1. The van der Waals surface area contributed by atoms with Crippen molar-refractivity contribution in [2.24, 2.45) is 11.8 Å². The molecule has 3 rings (SSSR count). The van der Waals surface area contributed by atoms with Crippen LogP contribution < -0.4 is 14.8 Å². The molecular weight excluding hydrogens is 314 g/mol. The van der Waals surface area contributed by atoms with Gasteiger partial charge in [-0.15, -0.1) is 0 Å². The third-order valence-corrected chi connectivity index (χ3v) is 4.75. The molecular formula is C21H25NO3. The summed E-state index contributed by atoms with van der Waals surface area (Å²) in [6.07, 6.45) is 1.15. The van der Waals surface area contributed by atoms with Gasteiger partial charge in [0.2, 0.25) is 0 Å². The Labute approximate surface area is 149 Å². The number of nitrogens with one attached hydrogen (secondary N) is 1. The summed E-state index contributed by atoms with van der Waals surface area (Å²) in [6.45, 7) is 4.19. The molecule has 1 N–H and O–H groups in total. The molecule has 3 unspecified atom stereocenters. The molecule has 0 saturated heterocycles. The summed E-state index contributed by atoms with van der Waals surface area (Å²) in [4.78, 5) is 12.4. The van der Waals surface area contributed by atoms with Crippen molar-refractivity contribution in [3.63, 3.8) is 0 Å². The molecule has 2 aromatic rings. The minimum absolute atomic E-state index is 0.0240. The van der Waals surface area contributed by atoms with Gasteiger partial charge in [-0.1, -0.05) is 43.3 Å². The summed E-state index contributed by atoms with van der Waals surface area (Å²) < 4.78 is 11.0. The van der Waals surface area contributed by atoms with Crippen LogP contribution in [0.4, 0.5) is 0 Å². The fourth-order valence-electron chi connectivity index (χ4n) is 3.17. The van der Waals surface area contributed by atoms with E-state index >= 15 is 0 Å². The zero-order valence-electron chi connectivity index (χ0n) is 15.0. The van der Waals surface area contributed by atoms with Gasteiger partial charge in [-0.25, -0.2) is 0 Å². The largest absolute Gasteiger partial charge is 0.493 e. The number of ether oxygens (including phenoxy) is 2. The van der Waals surface area contributed by atoms with Crippen molar-refractivity contribution < 1.29 is 14.3 Å². The van der Waals surface area contributed by atoms with Gasteiger partial charge in [0.25, 0.3) is 5.91 Å². The van der Waals surface area contributed by atoms with Crippen molar-refractivity contribution in [3.8, 4) is 11.5 Å². The van der Waals surface area contributed by atoms with Gasteiger partial charge in [0.1, 0.15) is 0 Å². The van der Waals surface area contributed by atoms with E-state index in [1.54, 1.807) is 7.11 Å². The van der Waals surface area contributed by atoms with Crippen molar-refractivity contribution in [3.05, 3.63) is 59.7 Å². The lowest BCUT2D eigenvalue weighted by Gasteiger charge is -2.20. The van der Waals surface area contributed by atoms with Gasteiger partial charge >= 0.3 is 0 Å². The Balaban J connectivity index is 1.63. The third kappa shape index (κ3) is 4.32. The number of hydrogen-bond acceptors (Lipinski definition) is 3. The maximum Gasteiger partial charge on any atom is 0.258 e. The molecule has 3 atom stereocenters. The van der Waals surface area contributed by atoms with Gasteiger partial charge in [0, 0.05) is 0 Å². The highest BCUT2D eigenvalue weighted by Crippen LogP contribution is 2.46. The smallest absolute Gasteiger partial charge is 0.258 e. The van der Waals surface area contributed by atoms with Crippen LogP contribution in [0.5, 0.6) is 11.5 Å². The Morgan fingerprint density at radius 2 is 1.92 bits per heavy atom. The molecule has 0 radical (unpaired) electrons. The number of carbonyl (C=O) groups excluding carboxylic acids is 1. The van der Waals surface area contributed by atoms with E-state index in [0.29, 0.717) is 23.3 Å². The fraction of sp³-hybridized carbons (Fsp3) is 0.381. The minimum atomic E-state index is -0.115. The Morgan fingerprint density at radius 3 is 2.56 bits per heavy atom. The quantitative estimate of drug-likeness (QED) is 0.832. The van der Waals surface area contributed by atoms with Crippen molar-refractivity contribution in [2.45, 2.75) is 26.3 Å². The van der Waals surface area contributed by atoms with Crippen LogP contribution in [0.2, 0.25) is 0 Å². The van der Waals surface area contributed by atoms with Gasteiger partial charge in [0.15, 0.2) is 18.1 Å². The molecule has 0 heterocycles. The number of amides is 1. The average Bonchev–Trinajstić information content (AvgIpc) is 3.35. The lowest BCUT2D eigenvalue weighted by atomic mass is 10.0. The van der Waals surface area contributed by atoms with E-state index in [1.165, 1.54) is 0 Å². The van der Waals surface area contributed by atoms with E-state index in [1.807, 2.05) is 43.3 Å². The van der Waals surface area contributed by atoms with E-state index < -0.39 is 0 Å². The number of rotatable bonds is 7. The van der Waals surface area contributed by atoms with Crippen LogP contribution in [0.15, 0.2) is 48.5 Å². The SMILES string of the molecule is COc1cc(C)ccc1OCC(=O)NC(c1ccccc1)C1CC1C. The zero-order chi connectivity index (χ0) is 17.8. The number of methoxy groups -OCH3 is 1. The van der Waals surface area contributed by atoms with Gasteiger partial charge < -0.3 is 14.8 Å². The van der Waals surface area contributed by atoms with Gasteiger partial charge in [-0.2, -0.15) is 0 Å². The normalized spacial score (nSPS) is 19.8. The lowest BCUT2D eigenvalue weighted by Crippen LogP contribution is -2.34. The molecule has 132 valence electrons. The highest BCUT2D eigenvalue weighted by Gasteiger charge is 2.40. The second-order valence-corrected chi connectivity index (χ2v) is 6.78. The highest BCUT2D eigenvalue weighted by molar-refractivity contribution is 5.78. The first-order valence-corrected chi connectivity index (χ1v) is 8.70. The van der Waals surface area contributed by atoms with Gasteiger partial charge in [0.05, 0.1) is 13.2 Å². The molecule has 1 fully saturated rings. The minimum Gasteiger partial charge on any atom is -0.493 e. The lowest BCUT2D eigenvalue weighted by molar-refractivity contribution is -0.124. The van der Waals surface area contributed by atoms with Crippen molar-refractivity contribution in [2.75, 3.05) is 13.7 Å². The predicted molar refractivity (Wildman–Crippen MR) is 97.8 cm³/mol. The number of benzene rings is 2. The van der Waals surface area contributed by atoms with E-state index in [4.69, 9.17) is 9.47 Å². The van der Waals surface area contributed by atoms with E-state index in [-0.39, 0.29) is 18.6 Å². The summed E-state index contributed by atoms with van der Waals surface area (Å²) in [7, 11) is 1.60. The first kappa shape index (κ1) is 17.3. The molecule has 0 spiro atoms. The maximum absolute atomic E-state index is 12.4. The average molecular weight is 339 g/mol. The summed E-state index contributed by atoms with van der Waals surface area (Å²) in [5, 5.41) is 3.14. The van der Waals surface area contributed by atoms with Crippen molar-refractivity contribution in [1.82, 2.24) is 5.32 Å². The Kier molecular flexibility index (Phi) is 5.27. The summed E-state index contributed by atoms with van der Waals surface area (Å²) >= 11 is 0. The fourth-order valence-corrected chi connectivity index (χ4v) is 3.17. The molecule has 1 saturated carbocycles. The molecule has 1 aliphatic rings. The van der Waals surface area contributed by atoms with E-state index in [0.717, 1.165) is 17.5 Å². The Bertz CT molecular complexity index is 729. The zero-order valence-corrected chi connectivity index (χ0v) is 15.0. The number of aryl methyl sites for hydroxylation is 1. The summed E-state index contributed by atoms with van der Waals surface area (Å²) in [5.74, 6) is 2.25. The van der Waals surface area contributed by atoms with Crippen LogP contribution in [-0.4, -0.2) is 19.6 Å². The highest BCUT2D eigenvalue weighted by atomic mass is 16.5. The summed E-state index contributed by atoms with van der Waals surface area (Å²) in [6, 6.07) is 15.9. The third-order valence-electron chi connectivity index (χ3n) is 4.75. The second-order valence-electron chi connectivity index (χ2n) is 6.78. The van der Waals surface area contributed by atoms with Crippen LogP contribution in [0.25, 0.3) is 0 Å². The van der Waals surface area contributed by atoms with Crippen molar-refractivity contribution in [1.29, 1.82) is 0 Å². The van der Waals surface area contributed by atoms with Gasteiger partial charge in [-0.3, -0.25) is 4.79 Å². The predicted octanol–water partition coefficient (Wildman–Crippen LogP) is 3.90. The monoisotopic (exact) mass is 339 g/mol. The Morgan fingerprint density at radius 1 is 1.20 bits per heavy atom. The van der Waals surface area contributed by atoms with Gasteiger partial charge in [-0.05, 0) is 48.4 Å². The molecule has 4 heteroatoms. The molecule has 0 bridgehead atoms. The van der Waals surface area contributed by atoms with Crippen LogP contribution >= 0.6 is 0 Å². The second kappa shape index (κ2) is 7.60. The molecule has 1 amide bonds. The van der Waals surface area contributed by atoms with E-state index in [9.17, 15) is 4.79 Å². The first-order valence-electron chi connectivity index (χ1n) is 8.70. The van der Waals surface area contributed by atoms with Crippen LogP contribution in [-0.2, 0) is 4.79 Å².